The highest BCUT2D eigenvalue weighted by Crippen LogP contribution is 2.30. The minimum Gasteiger partial charge on any atom is -0.363 e. The van der Waals surface area contributed by atoms with Crippen LogP contribution in [0.15, 0.2) is 18.2 Å². The van der Waals surface area contributed by atoms with Crippen molar-refractivity contribution >= 4 is 34.7 Å². The van der Waals surface area contributed by atoms with Gasteiger partial charge in [-0.15, -0.1) is 0 Å². The van der Waals surface area contributed by atoms with E-state index in [1.807, 2.05) is 0 Å². The summed E-state index contributed by atoms with van der Waals surface area (Å²) in [6.45, 7) is 6.05. The largest absolute Gasteiger partial charge is 0.416 e. The third kappa shape index (κ3) is 10.1. The highest BCUT2D eigenvalue weighted by atomic mass is 32.1. The number of unbranched alkanes of at least 4 members (excludes halogenated alkanes) is 2. The molecule has 0 aliphatic rings. The van der Waals surface area contributed by atoms with Gasteiger partial charge in [0.15, 0.2) is 10.2 Å². The molecule has 1 rings (SSSR count). The van der Waals surface area contributed by atoms with Crippen molar-refractivity contribution in [3.63, 3.8) is 0 Å². The summed E-state index contributed by atoms with van der Waals surface area (Å²) >= 11 is 10.3. The standard InChI is InChI=1S/C19H29F3N4S2/c1-3-5-7-23-17(27)25-12-14-9-15(11-16(10-14)19(20,21)22)13-26-18(28)24-8-6-4-2/h9-11H,3-8,12-13H2,1-2H3,(H2,23,25,27)(H2,24,26,28). The predicted octanol–water partition coefficient (Wildman–Crippen LogP) is 4.23. The third-order valence-electron chi connectivity index (χ3n) is 3.92. The molecular formula is C19H29F3N4S2. The summed E-state index contributed by atoms with van der Waals surface area (Å²) in [6, 6.07) is 4.00. The fourth-order valence-corrected chi connectivity index (χ4v) is 2.73. The summed E-state index contributed by atoms with van der Waals surface area (Å²) in [5.41, 5.74) is 0.338. The molecule has 0 aliphatic carbocycles. The second-order valence-corrected chi connectivity index (χ2v) is 7.28. The zero-order valence-corrected chi connectivity index (χ0v) is 18.0. The Hall–Kier alpha value is -1.61. The van der Waals surface area contributed by atoms with E-state index in [4.69, 9.17) is 24.4 Å². The van der Waals surface area contributed by atoms with Gasteiger partial charge in [-0.05, 0) is 60.5 Å². The molecule has 28 heavy (non-hydrogen) atoms. The molecule has 0 aromatic heterocycles. The van der Waals surface area contributed by atoms with Gasteiger partial charge < -0.3 is 21.3 Å². The lowest BCUT2D eigenvalue weighted by Gasteiger charge is -2.15. The van der Waals surface area contributed by atoms with E-state index in [0.29, 0.717) is 21.4 Å². The number of halogens is 3. The molecule has 0 fully saturated rings. The van der Waals surface area contributed by atoms with E-state index in [-0.39, 0.29) is 13.1 Å². The first-order valence-electron chi connectivity index (χ1n) is 9.49. The second kappa shape index (κ2) is 12.8. The van der Waals surface area contributed by atoms with Crippen LogP contribution in [-0.4, -0.2) is 23.3 Å². The van der Waals surface area contributed by atoms with Crippen LogP contribution in [0.3, 0.4) is 0 Å². The molecule has 4 N–H and O–H groups in total. The molecule has 9 heteroatoms. The zero-order valence-electron chi connectivity index (χ0n) is 16.3. The molecule has 0 saturated heterocycles. The van der Waals surface area contributed by atoms with Gasteiger partial charge in [-0.1, -0.05) is 32.8 Å². The van der Waals surface area contributed by atoms with Gasteiger partial charge >= 0.3 is 6.18 Å². The molecule has 0 unspecified atom stereocenters. The lowest BCUT2D eigenvalue weighted by Crippen LogP contribution is -2.36. The first-order chi connectivity index (χ1) is 13.3. The van der Waals surface area contributed by atoms with Crippen LogP contribution in [0.1, 0.15) is 56.2 Å². The van der Waals surface area contributed by atoms with Gasteiger partial charge in [-0.2, -0.15) is 13.2 Å². The van der Waals surface area contributed by atoms with Crippen LogP contribution in [-0.2, 0) is 19.3 Å². The van der Waals surface area contributed by atoms with Crippen molar-refractivity contribution < 1.29 is 13.2 Å². The smallest absolute Gasteiger partial charge is 0.363 e. The maximum Gasteiger partial charge on any atom is 0.416 e. The fraction of sp³-hybridized carbons (Fsp3) is 0.579. The van der Waals surface area contributed by atoms with Crippen LogP contribution in [0.5, 0.6) is 0 Å². The monoisotopic (exact) mass is 434 g/mol. The number of hydrogen-bond donors (Lipinski definition) is 4. The van der Waals surface area contributed by atoms with Gasteiger partial charge in [-0.3, -0.25) is 0 Å². The van der Waals surface area contributed by atoms with Gasteiger partial charge in [0.25, 0.3) is 0 Å². The second-order valence-electron chi connectivity index (χ2n) is 6.46. The first-order valence-corrected chi connectivity index (χ1v) is 10.3. The van der Waals surface area contributed by atoms with Crippen molar-refractivity contribution in [2.45, 2.75) is 58.8 Å². The first kappa shape index (κ1) is 24.4. The van der Waals surface area contributed by atoms with Gasteiger partial charge in [0.1, 0.15) is 0 Å². The normalized spacial score (nSPS) is 11.0. The average Bonchev–Trinajstić information content (AvgIpc) is 2.64. The van der Waals surface area contributed by atoms with Crippen molar-refractivity contribution in [2.75, 3.05) is 13.1 Å². The number of thiocarbonyl (C=S) groups is 2. The molecular weight excluding hydrogens is 405 g/mol. The predicted molar refractivity (Wildman–Crippen MR) is 116 cm³/mol. The highest BCUT2D eigenvalue weighted by molar-refractivity contribution is 7.80. The van der Waals surface area contributed by atoms with Gasteiger partial charge in [0, 0.05) is 26.2 Å². The summed E-state index contributed by atoms with van der Waals surface area (Å²) in [4.78, 5) is 0. The van der Waals surface area contributed by atoms with E-state index in [9.17, 15) is 13.2 Å². The van der Waals surface area contributed by atoms with E-state index in [0.717, 1.165) is 50.9 Å². The van der Waals surface area contributed by atoms with Crippen molar-refractivity contribution in [1.82, 2.24) is 21.3 Å². The SMILES string of the molecule is CCCCNC(=S)NCc1cc(CNC(=S)NCCCC)cc(C(F)(F)F)c1. The molecule has 1 aromatic rings. The Morgan fingerprint density at radius 2 is 1.21 bits per heavy atom. The van der Waals surface area contributed by atoms with E-state index in [2.05, 4.69) is 35.1 Å². The average molecular weight is 435 g/mol. The highest BCUT2D eigenvalue weighted by Gasteiger charge is 2.31. The lowest BCUT2D eigenvalue weighted by atomic mass is 10.0. The van der Waals surface area contributed by atoms with Crippen molar-refractivity contribution in [2.24, 2.45) is 0 Å². The molecule has 0 saturated carbocycles. The van der Waals surface area contributed by atoms with E-state index in [1.54, 1.807) is 6.07 Å². The van der Waals surface area contributed by atoms with Crippen molar-refractivity contribution in [3.8, 4) is 0 Å². The molecule has 0 amide bonds. The van der Waals surface area contributed by atoms with E-state index in [1.165, 1.54) is 0 Å². The number of alkyl halides is 3. The molecule has 158 valence electrons. The molecule has 1 aromatic carbocycles. The number of rotatable bonds is 10. The minimum absolute atomic E-state index is 0.216. The molecule has 0 heterocycles. The van der Waals surface area contributed by atoms with Crippen molar-refractivity contribution in [1.29, 1.82) is 0 Å². The minimum atomic E-state index is -4.41. The fourth-order valence-electron chi connectivity index (χ4n) is 2.38. The number of nitrogens with one attached hydrogen (secondary N) is 4. The van der Waals surface area contributed by atoms with Crippen LogP contribution >= 0.6 is 24.4 Å². The molecule has 0 atom stereocenters. The van der Waals surface area contributed by atoms with Crippen LogP contribution in [0, 0.1) is 0 Å². The molecule has 0 spiro atoms. The Morgan fingerprint density at radius 3 is 1.57 bits per heavy atom. The Labute approximate surface area is 176 Å². The van der Waals surface area contributed by atoms with Crippen LogP contribution < -0.4 is 21.3 Å². The lowest BCUT2D eigenvalue weighted by molar-refractivity contribution is -0.137. The Balaban J connectivity index is 2.72. The topological polar surface area (TPSA) is 48.1 Å². The number of benzene rings is 1. The molecule has 0 radical (unpaired) electrons. The Morgan fingerprint density at radius 1 is 0.786 bits per heavy atom. The van der Waals surface area contributed by atoms with Crippen LogP contribution in [0.4, 0.5) is 13.2 Å². The Kier molecular flexibility index (Phi) is 11.1. The van der Waals surface area contributed by atoms with Gasteiger partial charge in [-0.25, -0.2) is 0 Å². The number of hydrogen-bond acceptors (Lipinski definition) is 2. The van der Waals surface area contributed by atoms with Gasteiger partial charge in [0.2, 0.25) is 0 Å². The van der Waals surface area contributed by atoms with Crippen molar-refractivity contribution in [3.05, 3.63) is 34.9 Å². The maximum atomic E-state index is 13.2. The molecule has 0 bridgehead atoms. The van der Waals surface area contributed by atoms with E-state index < -0.39 is 11.7 Å². The maximum absolute atomic E-state index is 13.2. The Bertz CT molecular complexity index is 592. The summed E-state index contributed by atoms with van der Waals surface area (Å²) in [6.07, 6.45) is -0.380. The quantitative estimate of drug-likeness (QED) is 0.327. The van der Waals surface area contributed by atoms with Crippen LogP contribution in [0.25, 0.3) is 0 Å². The summed E-state index contributed by atoms with van der Waals surface area (Å²) in [5, 5.41) is 12.9. The molecule has 4 nitrogen and oxygen atoms in total. The third-order valence-corrected chi connectivity index (χ3v) is 4.50. The molecule has 0 aliphatic heterocycles. The van der Waals surface area contributed by atoms with Gasteiger partial charge in [0.05, 0.1) is 5.56 Å². The summed E-state index contributed by atoms with van der Waals surface area (Å²) in [5.74, 6) is 0. The van der Waals surface area contributed by atoms with E-state index >= 15 is 0 Å². The summed E-state index contributed by atoms with van der Waals surface area (Å²) < 4.78 is 39.7. The van der Waals surface area contributed by atoms with Crippen LogP contribution in [0.2, 0.25) is 0 Å². The zero-order chi connectivity index (χ0) is 21.0. The summed E-state index contributed by atoms with van der Waals surface area (Å²) in [7, 11) is 0.